The third kappa shape index (κ3) is 2.99. The number of ether oxygens (including phenoxy) is 1. The van der Waals surface area contributed by atoms with Crippen LogP contribution in [-0.4, -0.2) is 30.7 Å². The highest BCUT2D eigenvalue weighted by atomic mass is 28.3. The second-order valence-corrected chi connectivity index (χ2v) is 13.8. The lowest BCUT2D eigenvalue weighted by molar-refractivity contribution is 0.0752. The van der Waals surface area contributed by atoms with Crippen LogP contribution >= 0.6 is 0 Å². The highest BCUT2D eigenvalue weighted by Crippen LogP contribution is 2.59. The SMILES string of the molecule is C[C@@]12Cc3c(c(C=O)nn3COCC[Si](C)(C)C)C[C@@H]1C2. The molecule has 0 bridgehead atoms. The lowest BCUT2D eigenvalue weighted by Gasteiger charge is -2.20. The highest BCUT2D eigenvalue weighted by Gasteiger charge is 2.53. The molecular formula is C16H26N2O2Si. The van der Waals surface area contributed by atoms with Gasteiger partial charge in [-0.05, 0) is 36.6 Å². The van der Waals surface area contributed by atoms with Crippen LogP contribution in [0.4, 0.5) is 0 Å². The number of fused-ring (bicyclic) bond motifs is 2. The van der Waals surface area contributed by atoms with E-state index in [0.717, 1.165) is 37.7 Å². The molecule has 0 radical (unpaired) electrons. The van der Waals surface area contributed by atoms with E-state index >= 15 is 0 Å². The average molecular weight is 306 g/mol. The summed E-state index contributed by atoms with van der Waals surface area (Å²) in [6.45, 7) is 10.7. The second-order valence-electron chi connectivity index (χ2n) is 8.21. The molecule has 0 aliphatic heterocycles. The number of rotatable bonds is 6. The van der Waals surface area contributed by atoms with Crippen molar-refractivity contribution in [2.45, 2.75) is 58.6 Å². The van der Waals surface area contributed by atoms with E-state index in [1.807, 2.05) is 4.68 Å². The molecule has 0 aromatic carbocycles. The van der Waals surface area contributed by atoms with Crippen molar-refractivity contribution in [3.05, 3.63) is 17.0 Å². The first-order valence-electron chi connectivity index (χ1n) is 7.94. The molecule has 1 aromatic rings. The van der Waals surface area contributed by atoms with Gasteiger partial charge in [-0.3, -0.25) is 4.79 Å². The average Bonchev–Trinajstić information content (AvgIpc) is 2.94. The predicted octanol–water partition coefficient (Wildman–Crippen LogP) is 3.13. The summed E-state index contributed by atoms with van der Waals surface area (Å²) in [7, 11) is -1.05. The van der Waals surface area contributed by atoms with Crippen LogP contribution in [0.3, 0.4) is 0 Å². The minimum Gasteiger partial charge on any atom is -0.360 e. The van der Waals surface area contributed by atoms with Gasteiger partial charge in [0.2, 0.25) is 0 Å². The van der Waals surface area contributed by atoms with E-state index in [2.05, 4.69) is 31.7 Å². The van der Waals surface area contributed by atoms with Crippen molar-refractivity contribution >= 4 is 14.4 Å². The van der Waals surface area contributed by atoms with Crippen molar-refractivity contribution in [1.82, 2.24) is 9.78 Å². The van der Waals surface area contributed by atoms with Gasteiger partial charge < -0.3 is 4.74 Å². The Labute approximate surface area is 127 Å². The van der Waals surface area contributed by atoms with E-state index in [-0.39, 0.29) is 0 Å². The zero-order valence-electron chi connectivity index (χ0n) is 13.6. The quantitative estimate of drug-likeness (QED) is 0.461. The summed E-state index contributed by atoms with van der Waals surface area (Å²) >= 11 is 0. The van der Waals surface area contributed by atoms with Crippen LogP contribution in [0.5, 0.6) is 0 Å². The number of carbonyl (C=O) groups excluding carboxylic acids is 1. The molecule has 0 unspecified atom stereocenters. The molecule has 5 heteroatoms. The first-order chi connectivity index (χ1) is 9.82. The minimum absolute atomic E-state index is 0.448. The van der Waals surface area contributed by atoms with E-state index in [0.29, 0.717) is 17.8 Å². The minimum atomic E-state index is -1.05. The van der Waals surface area contributed by atoms with Crippen LogP contribution < -0.4 is 0 Å². The summed E-state index contributed by atoms with van der Waals surface area (Å²) in [5, 5.41) is 4.47. The zero-order chi connectivity index (χ0) is 15.3. The summed E-state index contributed by atoms with van der Waals surface area (Å²) in [5.41, 5.74) is 3.50. The van der Waals surface area contributed by atoms with Gasteiger partial charge in [0.05, 0.1) is 0 Å². The molecule has 1 aromatic heterocycles. The summed E-state index contributed by atoms with van der Waals surface area (Å²) in [5.74, 6) is 0.758. The van der Waals surface area contributed by atoms with Crippen LogP contribution in [0, 0.1) is 11.3 Å². The smallest absolute Gasteiger partial charge is 0.170 e. The summed E-state index contributed by atoms with van der Waals surface area (Å²) in [6, 6.07) is 1.16. The maximum absolute atomic E-state index is 11.2. The molecular weight excluding hydrogens is 280 g/mol. The normalized spacial score (nSPS) is 27.1. The Bertz CT molecular complexity index is 561. The van der Waals surface area contributed by atoms with Crippen LogP contribution in [0.2, 0.25) is 25.7 Å². The Kier molecular flexibility index (Phi) is 3.60. The molecule has 0 amide bonds. The molecule has 4 nitrogen and oxygen atoms in total. The van der Waals surface area contributed by atoms with Crippen LogP contribution in [0.25, 0.3) is 0 Å². The lowest BCUT2D eigenvalue weighted by Crippen LogP contribution is -2.23. The molecule has 0 saturated heterocycles. The molecule has 1 fully saturated rings. The van der Waals surface area contributed by atoms with Gasteiger partial charge in [0.15, 0.2) is 6.29 Å². The molecule has 21 heavy (non-hydrogen) atoms. The standard InChI is InChI=1S/C16H26N2O2Si/c1-16-8-12(16)7-13-14(10-19)17-18(15(13)9-16)11-20-5-6-21(2,3)4/h10,12H,5-9,11H2,1-4H3/t12-,16-/m1/s1. The van der Waals surface area contributed by atoms with Gasteiger partial charge in [0.25, 0.3) is 0 Å². The van der Waals surface area contributed by atoms with Crippen LogP contribution in [0.1, 0.15) is 35.1 Å². The Morgan fingerprint density at radius 2 is 2.24 bits per heavy atom. The highest BCUT2D eigenvalue weighted by molar-refractivity contribution is 6.76. The van der Waals surface area contributed by atoms with Crippen molar-refractivity contribution in [1.29, 1.82) is 0 Å². The summed E-state index contributed by atoms with van der Waals surface area (Å²) < 4.78 is 7.75. The molecule has 0 spiro atoms. The summed E-state index contributed by atoms with van der Waals surface area (Å²) in [6.07, 6.45) is 4.26. The first-order valence-corrected chi connectivity index (χ1v) is 11.6. The van der Waals surface area contributed by atoms with Gasteiger partial charge in [-0.2, -0.15) is 5.10 Å². The van der Waals surface area contributed by atoms with Gasteiger partial charge in [-0.1, -0.05) is 26.6 Å². The van der Waals surface area contributed by atoms with Crippen molar-refractivity contribution in [3.63, 3.8) is 0 Å². The molecule has 2 atom stereocenters. The van der Waals surface area contributed by atoms with Crippen molar-refractivity contribution in [2.24, 2.45) is 11.3 Å². The largest absolute Gasteiger partial charge is 0.360 e. The van der Waals surface area contributed by atoms with Gasteiger partial charge in [-0.15, -0.1) is 0 Å². The van der Waals surface area contributed by atoms with Crippen molar-refractivity contribution in [3.8, 4) is 0 Å². The number of hydrogen-bond donors (Lipinski definition) is 0. The molecule has 116 valence electrons. The maximum Gasteiger partial charge on any atom is 0.170 e. The third-order valence-corrected chi connectivity index (χ3v) is 6.78. The molecule has 3 rings (SSSR count). The topological polar surface area (TPSA) is 44.1 Å². The fourth-order valence-corrected chi connectivity index (χ4v) is 4.13. The van der Waals surface area contributed by atoms with Gasteiger partial charge in [0.1, 0.15) is 12.4 Å². The Morgan fingerprint density at radius 1 is 1.48 bits per heavy atom. The Balaban J connectivity index is 1.69. The van der Waals surface area contributed by atoms with E-state index in [4.69, 9.17) is 4.74 Å². The van der Waals surface area contributed by atoms with E-state index in [9.17, 15) is 4.79 Å². The number of aromatic nitrogens is 2. The predicted molar refractivity (Wildman–Crippen MR) is 85.3 cm³/mol. The Hall–Kier alpha value is -0.943. The van der Waals surface area contributed by atoms with Crippen LogP contribution in [0.15, 0.2) is 0 Å². The molecule has 2 aliphatic carbocycles. The number of nitrogens with zero attached hydrogens (tertiary/aromatic N) is 2. The zero-order valence-corrected chi connectivity index (χ0v) is 14.6. The third-order valence-electron chi connectivity index (χ3n) is 5.08. The fraction of sp³-hybridized carbons (Fsp3) is 0.750. The van der Waals surface area contributed by atoms with Crippen molar-refractivity contribution in [2.75, 3.05) is 6.61 Å². The monoisotopic (exact) mass is 306 g/mol. The van der Waals surface area contributed by atoms with E-state index in [1.165, 1.54) is 17.7 Å². The van der Waals surface area contributed by atoms with Gasteiger partial charge in [0, 0.05) is 25.9 Å². The van der Waals surface area contributed by atoms with E-state index < -0.39 is 8.07 Å². The molecule has 0 N–H and O–H groups in total. The number of carbonyl (C=O) groups is 1. The fourth-order valence-electron chi connectivity index (χ4n) is 3.37. The van der Waals surface area contributed by atoms with Crippen molar-refractivity contribution < 1.29 is 9.53 Å². The first kappa shape index (κ1) is 15.0. The van der Waals surface area contributed by atoms with E-state index in [1.54, 1.807) is 0 Å². The summed E-state index contributed by atoms with van der Waals surface area (Å²) in [4.78, 5) is 11.2. The number of aldehydes is 1. The lowest BCUT2D eigenvalue weighted by atomic mass is 9.88. The van der Waals surface area contributed by atoms with Gasteiger partial charge in [-0.25, -0.2) is 4.68 Å². The number of hydrogen-bond acceptors (Lipinski definition) is 3. The molecule has 1 saturated carbocycles. The molecule has 2 aliphatic rings. The Morgan fingerprint density at radius 3 is 2.90 bits per heavy atom. The van der Waals surface area contributed by atoms with Gasteiger partial charge >= 0.3 is 0 Å². The van der Waals surface area contributed by atoms with Crippen LogP contribution in [-0.2, 0) is 24.3 Å². The maximum atomic E-state index is 11.2. The molecule has 1 heterocycles. The second kappa shape index (κ2) is 5.06.